The van der Waals surface area contributed by atoms with E-state index in [-0.39, 0.29) is 6.54 Å². The van der Waals surface area contributed by atoms with Crippen LogP contribution in [0.1, 0.15) is 5.76 Å². The second-order valence-electron chi connectivity index (χ2n) is 2.15. The highest BCUT2D eigenvalue weighted by Gasteiger charge is 1.96. The van der Waals surface area contributed by atoms with Crippen molar-refractivity contribution in [2.45, 2.75) is 6.54 Å². The molecule has 0 aliphatic heterocycles. The maximum Gasteiger partial charge on any atom is 0.157 e. The fourth-order valence-electron chi connectivity index (χ4n) is 0.761. The van der Waals surface area contributed by atoms with Gasteiger partial charge in [0.1, 0.15) is 13.1 Å². The number of hydrogen-bond donors (Lipinski definition) is 1. The molecule has 1 aromatic heterocycles. The molecule has 1 aromatic rings. The van der Waals surface area contributed by atoms with Crippen LogP contribution in [0.25, 0.3) is 0 Å². The normalized spacial score (nSPS) is 9.82. The summed E-state index contributed by atoms with van der Waals surface area (Å²) in [5.74, 6) is -0.289. The van der Waals surface area contributed by atoms with Crippen molar-refractivity contribution in [1.82, 2.24) is 0 Å². The Morgan fingerprint density at radius 3 is 3.09 bits per heavy atom. The summed E-state index contributed by atoms with van der Waals surface area (Å²) in [6.45, 7) is 0.516. The molecule has 0 unspecified atom stereocenters. The van der Waals surface area contributed by atoms with Crippen LogP contribution in [-0.4, -0.2) is 12.5 Å². The first kappa shape index (κ1) is 7.81. The van der Waals surface area contributed by atoms with E-state index in [1.807, 2.05) is 0 Å². The molecule has 0 saturated carbocycles. The predicted molar refractivity (Wildman–Crippen MR) is 34.2 cm³/mol. The van der Waals surface area contributed by atoms with Gasteiger partial charge in [0.25, 0.3) is 0 Å². The van der Waals surface area contributed by atoms with Gasteiger partial charge in [-0.05, 0) is 12.1 Å². The lowest BCUT2D eigenvalue weighted by Crippen LogP contribution is -2.85. The summed E-state index contributed by atoms with van der Waals surface area (Å²) in [5.41, 5.74) is 0. The molecule has 4 heteroatoms. The van der Waals surface area contributed by atoms with Gasteiger partial charge in [-0.1, -0.05) is 0 Å². The van der Waals surface area contributed by atoms with Crippen LogP contribution in [0.4, 0.5) is 0 Å². The Balaban J connectivity index is 2.19. The first-order valence-electron chi connectivity index (χ1n) is 3.33. The Morgan fingerprint density at radius 2 is 2.55 bits per heavy atom. The molecule has 4 nitrogen and oxygen atoms in total. The van der Waals surface area contributed by atoms with Gasteiger partial charge in [-0.15, -0.1) is 0 Å². The Morgan fingerprint density at radius 1 is 1.73 bits per heavy atom. The highest BCUT2D eigenvalue weighted by Crippen LogP contribution is 1.95. The lowest BCUT2D eigenvalue weighted by molar-refractivity contribution is -0.667. The minimum Gasteiger partial charge on any atom is -0.544 e. The summed E-state index contributed by atoms with van der Waals surface area (Å²) in [6, 6.07) is 3.56. The monoisotopic (exact) mass is 155 g/mol. The summed E-state index contributed by atoms with van der Waals surface area (Å²) in [4.78, 5) is 9.95. The molecule has 0 aromatic carbocycles. The van der Waals surface area contributed by atoms with Gasteiger partial charge in [-0.2, -0.15) is 0 Å². The van der Waals surface area contributed by atoms with Crippen molar-refractivity contribution < 1.29 is 19.6 Å². The number of quaternary nitrogens is 1. The van der Waals surface area contributed by atoms with Gasteiger partial charge in [0, 0.05) is 0 Å². The zero-order valence-electron chi connectivity index (χ0n) is 5.95. The third-order valence-corrected chi connectivity index (χ3v) is 1.24. The third-order valence-electron chi connectivity index (χ3n) is 1.24. The number of carboxylic acid groups (broad SMARTS) is 1. The van der Waals surface area contributed by atoms with E-state index in [4.69, 9.17) is 4.42 Å². The molecule has 0 atom stereocenters. The van der Waals surface area contributed by atoms with Crippen LogP contribution < -0.4 is 10.4 Å². The molecule has 0 amide bonds. The maximum atomic E-state index is 9.95. The Labute approximate surface area is 63.8 Å². The summed E-state index contributed by atoms with van der Waals surface area (Å²) < 4.78 is 4.97. The summed E-state index contributed by atoms with van der Waals surface area (Å²) in [5, 5.41) is 11.6. The Hall–Kier alpha value is -1.29. The standard InChI is InChI=1S/C7H9NO3/c9-7(10)5-8-4-6-2-1-3-11-6/h1-3,8H,4-5H2,(H,9,10). The molecule has 0 saturated heterocycles. The number of nitrogens with two attached hydrogens (primary N) is 1. The summed E-state index contributed by atoms with van der Waals surface area (Å²) in [7, 11) is 0. The maximum absolute atomic E-state index is 9.95. The van der Waals surface area contributed by atoms with Crippen LogP contribution in [0, 0.1) is 0 Å². The van der Waals surface area contributed by atoms with Gasteiger partial charge in [0.05, 0.1) is 12.2 Å². The van der Waals surface area contributed by atoms with E-state index in [1.54, 1.807) is 23.7 Å². The number of carbonyl (C=O) groups is 1. The van der Waals surface area contributed by atoms with Gasteiger partial charge in [-0.3, -0.25) is 0 Å². The first-order chi connectivity index (χ1) is 5.29. The second-order valence-corrected chi connectivity index (χ2v) is 2.15. The predicted octanol–water partition coefficient (Wildman–Crippen LogP) is -1.91. The fourth-order valence-corrected chi connectivity index (χ4v) is 0.761. The van der Waals surface area contributed by atoms with E-state index in [1.165, 1.54) is 0 Å². The van der Waals surface area contributed by atoms with E-state index in [9.17, 15) is 9.90 Å². The first-order valence-corrected chi connectivity index (χ1v) is 3.33. The van der Waals surface area contributed by atoms with E-state index in [0.29, 0.717) is 6.54 Å². The molecule has 60 valence electrons. The number of aliphatic carboxylic acids is 1. The average Bonchev–Trinajstić information content (AvgIpc) is 2.39. The topological polar surface area (TPSA) is 69.9 Å². The number of carboxylic acids is 1. The van der Waals surface area contributed by atoms with Crippen LogP contribution in [0.2, 0.25) is 0 Å². The zero-order chi connectivity index (χ0) is 8.10. The molecular formula is C7H9NO3. The number of carbonyl (C=O) groups excluding carboxylic acids is 1. The summed E-state index contributed by atoms with van der Waals surface area (Å²) >= 11 is 0. The molecular weight excluding hydrogens is 146 g/mol. The van der Waals surface area contributed by atoms with Gasteiger partial charge in [0.15, 0.2) is 5.76 Å². The van der Waals surface area contributed by atoms with Crippen molar-refractivity contribution in [3.8, 4) is 0 Å². The molecule has 0 radical (unpaired) electrons. The molecule has 1 heterocycles. The van der Waals surface area contributed by atoms with Gasteiger partial charge in [0.2, 0.25) is 0 Å². The highest BCUT2D eigenvalue weighted by molar-refractivity contribution is 5.64. The van der Waals surface area contributed by atoms with E-state index >= 15 is 0 Å². The molecule has 2 N–H and O–H groups in total. The third kappa shape index (κ3) is 2.86. The second kappa shape index (κ2) is 3.78. The smallest absolute Gasteiger partial charge is 0.157 e. The number of hydrogen-bond acceptors (Lipinski definition) is 3. The molecule has 0 fully saturated rings. The van der Waals surface area contributed by atoms with E-state index < -0.39 is 5.97 Å². The SMILES string of the molecule is O=C([O-])C[NH2+]Cc1ccco1. The van der Waals surface area contributed by atoms with Crippen molar-refractivity contribution in [3.63, 3.8) is 0 Å². The fraction of sp³-hybridized carbons (Fsp3) is 0.286. The quantitative estimate of drug-likeness (QED) is 0.551. The molecule has 11 heavy (non-hydrogen) atoms. The lowest BCUT2D eigenvalue weighted by Gasteiger charge is -1.98. The lowest BCUT2D eigenvalue weighted by atomic mass is 10.4. The van der Waals surface area contributed by atoms with Crippen LogP contribution in [-0.2, 0) is 11.3 Å². The minimum atomic E-state index is -1.06. The van der Waals surface area contributed by atoms with Crippen LogP contribution in [0.15, 0.2) is 22.8 Å². The molecule has 0 bridgehead atoms. The minimum absolute atomic E-state index is 0.0271. The Kier molecular flexibility index (Phi) is 2.68. The van der Waals surface area contributed by atoms with Gasteiger partial charge >= 0.3 is 0 Å². The molecule has 0 aliphatic carbocycles. The number of furan rings is 1. The van der Waals surface area contributed by atoms with Crippen molar-refractivity contribution in [1.29, 1.82) is 0 Å². The van der Waals surface area contributed by atoms with Crippen molar-refractivity contribution >= 4 is 5.97 Å². The average molecular weight is 155 g/mol. The van der Waals surface area contributed by atoms with Crippen molar-refractivity contribution in [2.24, 2.45) is 0 Å². The Bertz CT molecular complexity index is 218. The van der Waals surface area contributed by atoms with Crippen molar-refractivity contribution in [3.05, 3.63) is 24.2 Å². The van der Waals surface area contributed by atoms with Crippen molar-refractivity contribution in [2.75, 3.05) is 6.54 Å². The number of rotatable bonds is 4. The molecule has 0 spiro atoms. The highest BCUT2D eigenvalue weighted by atomic mass is 16.4. The van der Waals surface area contributed by atoms with Gasteiger partial charge < -0.3 is 19.6 Å². The van der Waals surface area contributed by atoms with E-state index in [0.717, 1.165) is 5.76 Å². The molecule has 1 rings (SSSR count). The van der Waals surface area contributed by atoms with Crippen LogP contribution in [0.5, 0.6) is 0 Å². The van der Waals surface area contributed by atoms with Crippen LogP contribution in [0.3, 0.4) is 0 Å². The van der Waals surface area contributed by atoms with E-state index in [2.05, 4.69) is 0 Å². The zero-order valence-corrected chi connectivity index (χ0v) is 5.95. The summed E-state index contributed by atoms with van der Waals surface area (Å²) in [6.07, 6.45) is 1.56. The molecule has 0 aliphatic rings. The largest absolute Gasteiger partial charge is 0.544 e. The van der Waals surface area contributed by atoms with Crippen LogP contribution >= 0.6 is 0 Å². The van der Waals surface area contributed by atoms with Gasteiger partial charge in [-0.25, -0.2) is 0 Å².